The third-order valence-electron chi connectivity index (χ3n) is 1.61. The van der Waals surface area contributed by atoms with Gasteiger partial charge in [0.25, 0.3) is 0 Å². The summed E-state index contributed by atoms with van der Waals surface area (Å²) >= 11 is 0. The predicted molar refractivity (Wildman–Crippen MR) is 51.8 cm³/mol. The minimum absolute atomic E-state index is 0.389. The highest BCUT2D eigenvalue weighted by molar-refractivity contribution is 5.26. The summed E-state index contributed by atoms with van der Waals surface area (Å²) in [5, 5.41) is 0. The number of hydrogen-bond donors (Lipinski definition) is 0. The molecule has 0 saturated carbocycles. The summed E-state index contributed by atoms with van der Waals surface area (Å²) in [6, 6.07) is 2.70. The molecule has 0 unspecified atom stereocenters. The monoisotopic (exact) mass is 186 g/mol. The molecular weight excluding hydrogens is 170 g/mol. The molecule has 1 aromatic rings. The van der Waals surface area contributed by atoms with Crippen LogP contribution in [0.15, 0.2) is 12.1 Å². The van der Waals surface area contributed by atoms with Gasteiger partial charge in [0.1, 0.15) is 0 Å². The van der Waals surface area contributed by atoms with Crippen molar-refractivity contribution >= 4 is 0 Å². The summed E-state index contributed by atoms with van der Waals surface area (Å²) in [6.45, 7) is 7.56. The Kier molecular flexibility index (Phi) is 5.28. The predicted octanol–water partition coefficient (Wildman–Crippen LogP) is 4.00. The first-order valence-electron chi connectivity index (χ1n) is 4.45. The van der Waals surface area contributed by atoms with Gasteiger partial charge >= 0.3 is 0 Å². The third-order valence-corrected chi connectivity index (χ3v) is 1.61. The fourth-order valence-corrected chi connectivity index (χ4v) is 0.749. The van der Waals surface area contributed by atoms with E-state index in [1.165, 1.54) is 6.42 Å². The van der Waals surface area contributed by atoms with Crippen LogP contribution >= 0.6 is 0 Å². The van der Waals surface area contributed by atoms with Crippen LogP contribution in [0.25, 0.3) is 0 Å². The van der Waals surface area contributed by atoms with Crippen molar-refractivity contribution in [3.8, 4) is 0 Å². The Morgan fingerprint density at radius 1 is 1.08 bits per heavy atom. The van der Waals surface area contributed by atoms with Crippen molar-refractivity contribution in [1.82, 2.24) is 0 Å². The van der Waals surface area contributed by atoms with Crippen molar-refractivity contribution in [2.24, 2.45) is 0 Å². The van der Waals surface area contributed by atoms with Gasteiger partial charge in [0.15, 0.2) is 11.6 Å². The second-order valence-electron chi connectivity index (χ2n) is 3.01. The van der Waals surface area contributed by atoms with Crippen molar-refractivity contribution in [1.29, 1.82) is 0 Å². The Morgan fingerprint density at radius 2 is 1.54 bits per heavy atom. The van der Waals surface area contributed by atoms with Crippen LogP contribution in [0.3, 0.4) is 0 Å². The van der Waals surface area contributed by atoms with Crippen LogP contribution in [-0.4, -0.2) is 0 Å². The number of hydrogen-bond acceptors (Lipinski definition) is 0. The number of aryl methyl sites for hydroxylation is 1. The fraction of sp³-hybridized carbons (Fsp3) is 0.455. The molecule has 1 rings (SSSR count). The summed E-state index contributed by atoms with van der Waals surface area (Å²) in [6.07, 6.45) is 1.25. The minimum atomic E-state index is -0.775. The van der Waals surface area contributed by atoms with Crippen molar-refractivity contribution < 1.29 is 8.78 Å². The van der Waals surface area contributed by atoms with E-state index < -0.39 is 11.6 Å². The summed E-state index contributed by atoms with van der Waals surface area (Å²) in [5.41, 5.74) is 1.17. The van der Waals surface area contributed by atoms with Gasteiger partial charge in [-0.3, -0.25) is 0 Å². The molecule has 0 N–H and O–H groups in total. The highest BCUT2D eigenvalue weighted by Gasteiger charge is 2.05. The maximum Gasteiger partial charge on any atom is 0.161 e. The first-order chi connectivity index (χ1) is 6.04. The van der Waals surface area contributed by atoms with Gasteiger partial charge < -0.3 is 0 Å². The minimum Gasteiger partial charge on any atom is -0.204 e. The standard InChI is InChI=1S/C8H8F2.C3H8/c1-5-3-4-7(9)8(10)6(5)2;1-3-2/h3-4H,1-2H3;3H2,1-2H3. The molecule has 0 saturated heterocycles. The molecule has 0 aliphatic rings. The summed E-state index contributed by atoms with van der Waals surface area (Å²) in [5.74, 6) is -1.51. The largest absolute Gasteiger partial charge is 0.204 e. The SMILES string of the molecule is CCC.Cc1ccc(F)c(F)c1C. The van der Waals surface area contributed by atoms with Gasteiger partial charge in [-0.15, -0.1) is 0 Å². The lowest BCUT2D eigenvalue weighted by Gasteiger charge is -2.00. The molecule has 74 valence electrons. The molecule has 13 heavy (non-hydrogen) atoms. The average molecular weight is 186 g/mol. The highest BCUT2D eigenvalue weighted by atomic mass is 19.2. The molecular formula is C11H16F2. The molecule has 0 bridgehead atoms. The van der Waals surface area contributed by atoms with E-state index in [0.29, 0.717) is 5.56 Å². The molecule has 0 nitrogen and oxygen atoms in total. The molecule has 1 aromatic carbocycles. The summed E-state index contributed by atoms with van der Waals surface area (Å²) < 4.78 is 25.0. The van der Waals surface area contributed by atoms with E-state index in [1.54, 1.807) is 19.9 Å². The lowest BCUT2D eigenvalue weighted by molar-refractivity contribution is 0.502. The quantitative estimate of drug-likeness (QED) is 0.574. The number of rotatable bonds is 0. The molecule has 0 atom stereocenters. The van der Waals surface area contributed by atoms with E-state index in [1.807, 2.05) is 0 Å². The Bertz CT molecular complexity index is 240. The molecule has 0 heterocycles. The zero-order chi connectivity index (χ0) is 10.4. The first-order valence-corrected chi connectivity index (χ1v) is 4.45. The van der Waals surface area contributed by atoms with Gasteiger partial charge in [-0.05, 0) is 31.0 Å². The van der Waals surface area contributed by atoms with E-state index in [-0.39, 0.29) is 0 Å². The highest BCUT2D eigenvalue weighted by Crippen LogP contribution is 2.13. The Balaban J connectivity index is 0.000000424. The third kappa shape index (κ3) is 3.53. The maximum atomic E-state index is 12.6. The topological polar surface area (TPSA) is 0 Å². The van der Waals surface area contributed by atoms with Crippen molar-refractivity contribution in [2.45, 2.75) is 34.1 Å². The van der Waals surface area contributed by atoms with Crippen molar-refractivity contribution in [3.63, 3.8) is 0 Å². The fourth-order valence-electron chi connectivity index (χ4n) is 0.749. The van der Waals surface area contributed by atoms with Gasteiger partial charge in [-0.2, -0.15) is 0 Å². The van der Waals surface area contributed by atoms with Gasteiger partial charge in [0.05, 0.1) is 0 Å². The lowest BCUT2D eigenvalue weighted by Crippen LogP contribution is -1.90. The molecule has 2 heteroatoms. The Labute approximate surface area is 78.6 Å². The summed E-state index contributed by atoms with van der Waals surface area (Å²) in [7, 11) is 0. The average Bonchev–Trinajstić information content (AvgIpc) is 2.10. The van der Waals surface area contributed by atoms with E-state index >= 15 is 0 Å². The molecule has 0 amide bonds. The number of halogens is 2. The van der Waals surface area contributed by atoms with Crippen LogP contribution in [0.4, 0.5) is 8.78 Å². The van der Waals surface area contributed by atoms with Gasteiger partial charge in [-0.25, -0.2) is 8.78 Å². The lowest BCUT2D eigenvalue weighted by atomic mass is 10.1. The smallest absolute Gasteiger partial charge is 0.161 e. The van der Waals surface area contributed by atoms with E-state index in [9.17, 15) is 8.78 Å². The molecule has 0 aromatic heterocycles. The molecule has 0 aliphatic carbocycles. The molecule has 0 fully saturated rings. The van der Waals surface area contributed by atoms with Gasteiger partial charge in [-0.1, -0.05) is 26.3 Å². The van der Waals surface area contributed by atoms with Crippen LogP contribution in [0.2, 0.25) is 0 Å². The van der Waals surface area contributed by atoms with E-state index in [2.05, 4.69) is 13.8 Å². The van der Waals surface area contributed by atoms with Crippen molar-refractivity contribution in [2.75, 3.05) is 0 Å². The number of benzene rings is 1. The van der Waals surface area contributed by atoms with Crippen molar-refractivity contribution in [3.05, 3.63) is 34.9 Å². The van der Waals surface area contributed by atoms with Crippen LogP contribution in [-0.2, 0) is 0 Å². The van der Waals surface area contributed by atoms with Crippen LogP contribution in [0, 0.1) is 25.5 Å². The second kappa shape index (κ2) is 5.68. The normalized spacial score (nSPS) is 9.08. The second-order valence-corrected chi connectivity index (χ2v) is 3.01. The van der Waals surface area contributed by atoms with E-state index in [0.717, 1.165) is 11.6 Å². The van der Waals surface area contributed by atoms with Crippen LogP contribution < -0.4 is 0 Å². The first kappa shape index (κ1) is 12.1. The zero-order valence-corrected chi connectivity index (χ0v) is 8.62. The Hall–Kier alpha value is -0.920. The molecule has 0 aliphatic heterocycles. The maximum absolute atomic E-state index is 12.6. The zero-order valence-electron chi connectivity index (χ0n) is 8.62. The Morgan fingerprint density at radius 3 is 1.92 bits per heavy atom. The van der Waals surface area contributed by atoms with Crippen LogP contribution in [0.5, 0.6) is 0 Å². The van der Waals surface area contributed by atoms with E-state index in [4.69, 9.17) is 0 Å². The van der Waals surface area contributed by atoms with Crippen LogP contribution in [0.1, 0.15) is 31.4 Å². The summed E-state index contributed by atoms with van der Waals surface area (Å²) in [4.78, 5) is 0. The van der Waals surface area contributed by atoms with Gasteiger partial charge in [0.2, 0.25) is 0 Å². The van der Waals surface area contributed by atoms with Gasteiger partial charge in [0, 0.05) is 0 Å². The molecule has 0 radical (unpaired) electrons. The molecule has 0 spiro atoms.